The van der Waals surface area contributed by atoms with Gasteiger partial charge in [-0.3, -0.25) is 4.99 Å². The molecule has 2 aromatic rings. The molecule has 0 saturated heterocycles. The number of nitrogens with zero attached hydrogens (tertiary/aromatic N) is 4. The van der Waals surface area contributed by atoms with Gasteiger partial charge in [-0.25, -0.2) is 13.1 Å². The molecule has 0 saturated carbocycles. The summed E-state index contributed by atoms with van der Waals surface area (Å²) in [6, 6.07) is 5.64. The molecule has 0 unspecified atom stereocenters. The van der Waals surface area contributed by atoms with Crippen molar-refractivity contribution >= 4 is 16.0 Å². The van der Waals surface area contributed by atoms with Gasteiger partial charge in [-0.2, -0.15) is 0 Å². The van der Waals surface area contributed by atoms with Crippen LogP contribution in [0.25, 0.3) is 0 Å². The topological polar surface area (TPSA) is 83.7 Å². The Balaban J connectivity index is 1.93. The van der Waals surface area contributed by atoms with E-state index in [9.17, 15) is 8.42 Å². The minimum Gasteiger partial charge on any atom is -0.357 e. The molecular weight excluding hydrogens is 352 g/mol. The quantitative estimate of drug-likeness (QED) is 0.402. The van der Waals surface area contributed by atoms with E-state index in [0.29, 0.717) is 13.1 Å². The van der Waals surface area contributed by atoms with Crippen molar-refractivity contribution in [3.8, 4) is 0 Å². The van der Waals surface area contributed by atoms with Gasteiger partial charge >= 0.3 is 0 Å². The molecule has 0 aromatic carbocycles. The molecule has 0 aliphatic heterocycles. The van der Waals surface area contributed by atoms with Crippen LogP contribution < -0.4 is 10.0 Å². The predicted octanol–water partition coefficient (Wildman–Crippen LogP) is 0.739. The van der Waals surface area contributed by atoms with Crippen LogP contribution >= 0.6 is 0 Å². The highest BCUT2D eigenvalue weighted by Gasteiger charge is 2.14. The highest BCUT2D eigenvalue weighted by atomic mass is 32.2. The molecule has 0 fully saturated rings. The summed E-state index contributed by atoms with van der Waals surface area (Å²) in [5, 5.41) is 3.23. The average Bonchev–Trinajstić information content (AvgIpc) is 3.19. The van der Waals surface area contributed by atoms with Crippen molar-refractivity contribution in [1.82, 2.24) is 24.1 Å². The van der Waals surface area contributed by atoms with E-state index in [0.717, 1.165) is 12.5 Å². The maximum absolute atomic E-state index is 12.2. The number of aliphatic imine (C=N–C) groups is 1. The van der Waals surface area contributed by atoms with Crippen molar-refractivity contribution in [3.63, 3.8) is 0 Å². The van der Waals surface area contributed by atoms with Crippen molar-refractivity contribution in [2.45, 2.75) is 18.4 Å². The Bertz CT molecular complexity index is 837. The number of guanidine groups is 1. The Morgan fingerprint density at radius 2 is 2.04 bits per heavy atom. The minimum absolute atomic E-state index is 0.240. The van der Waals surface area contributed by atoms with Gasteiger partial charge in [0, 0.05) is 58.5 Å². The summed E-state index contributed by atoms with van der Waals surface area (Å²) in [5.41, 5.74) is 1.17. The van der Waals surface area contributed by atoms with Crippen molar-refractivity contribution in [3.05, 3.63) is 42.5 Å². The number of aromatic nitrogens is 2. The normalized spacial score (nSPS) is 12.4. The zero-order chi connectivity index (χ0) is 19.2. The van der Waals surface area contributed by atoms with Gasteiger partial charge in [0.05, 0.1) is 18.0 Å². The molecule has 2 rings (SSSR count). The predicted molar refractivity (Wildman–Crippen MR) is 103 cm³/mol. The van der Waals surface area contributed by atoms with Crippen molar-refractivity contribution in [2.75, 3.05) is 26.7 Å². The van der Waals surface area contributed by atoms with Crippen LogP contribution in [0.5, 0.6) is 0 Å². The molecule has 0 spiro atoms. The molecule has 0 aliphatic carbocycles. The molecule has 0 radical (unpaired) electrons. The van der Waals surface area contributed by atoms with Gasteiger partial charge in [0.2, 0.25) is 10.0 Å². The Morgan fingerprint density at radius 1 is 1.27 bits per heavy atom. The number of sulfonamides is 1. The van der Waals surface area contributed by atoms with Crippen LogP contribution in [0.2, 0.25) is 0 Å². The average molecular weight is 381 g/mol. The number of nitrogens with one attached hydrogen (secondary N) is 2. The fraction of sp³-hybridized carbons (Fsp3) is 0.471. The van der Waals surface area contributed by atoms with Crippen LogP contribution in [0.3, 0.4) is 0 Å². The van der Waals surface area contributed by atoms with Gasteiger partial charge < -0.3 is 19.4 Å². The number of hydrogen-bond donors (Lipinski definition) is 2. The maximum atomic E-state index is 12.2. The lowest BCUT2D eigenvalue weighted by molar-refractivity contribution is 0.462. The zero-order valence-electron chi connectivity index (χ0n) is 15.8. The van der Waals surface area contributed by atoms with E-state index in [1.807, 2.05) is 38.2 Å². The molecule has 2 aromatic heterocycles. The number of hydrogen-bond acceptors (Lipinski definition) is 3. The Kier molecular flexibility index (Phi) is 6.87. The van der Waals surface area contributed by atoms with Crippen LogP contribution in [-0.4, -0.2) is 55.1 Å². The highest BCUT2D eigenvalue weighted by molar-refractivity contribution is 7.89. The SMILES string of the molecule is CCNC(=NCCNS(=O)(=O)c1ccn(C)c1)N(C)Cc1cccn1C. The van der Waals surface area contributed by atoms with Crippen molar-refractivity contribution < 1.29 is 8.42 Å². The number of rotatable bonds is 8. The second-order valence-electron chi connectivity index (χ2n) is 6.11. The molecule has 0 bridgehead atoms. The van der Waals surface area contributed by atoms with E-state index in [1.54, 1.807) is 30.1 Å². The van der Waals surface area contributed by atoms with E-state index in [2.05, 4.69) is 25.7 Å². The van der Waals surface area contributed by atoms with E-state index in [4.69, 9.17) is 0 Å². The third-order valence-corrected chi connectivity index (χ3v) is 5.37. The molecule has 2 heterocycles. The molecule has 144 valence electrons. The van der Waals surface area contributed by atoms with Crippen LogP contribution in [-0.2, 0) is 30.7 Å². The standard InChI is InChI=1S/C17H28N6O2S/c1-5-18-17(23(4)13-15-7-6-11-22(15)3)19-9-10-20-26(24,25)16-8-12-21(2)14-16/h6-8,11-12,14,20H,5,9-10,13H2,1-4H3,(H,18,19). The Hall–Kier alpha value is -2.26. The first-order chi connectivity index (χ1) is 12.3. The lowest BCUT2D eigenvalue weighted by Crippen LogP contribution is -2.39. The summed E-state index contributed by atoms with van der Waals surface area (Å²) in [6.07, 6.45) is 5.28. The monoisotopic (exact) mass is 380 g/mol. The van der Waals surface area contributed by atoms with Gasteiger partial charge in [-0.1, -0.05) is 0 Å². The fourth-order valence-electron chi connectivity index (χ4n) is 2.51. The molecule has 9 heteroatoms. The first kappa shape index (κ1) is 20.1. The van der Waals surface area contributed by atoms with Gasteiger partial charge in [-0.15, -0.1) is 0 Å². The zero-order valence-corrected chi connectivity index (χ0v) is 16.6. The maximum Gasteiger partial charge on any atom is 0.242 e. The van der Waals surface area contributed by atoms with E-state index in [1.165, 1.54) is 5.69 Å². The Labute approximate surface area is 155 Å². The minimum atomic E-state index is -3.49. The van der Waals surface area contributed by atoms with Gasteiger partial charge in [0.1, 0.15) is 0 Å². The summed E-state index contributed by atoms with van der Waals surface area (Å²) in [5.74, 6) is 0.743. The van der Waals surface area contributed by atoms with Crippen molar-refractivity contribution in [1.29, 1.82) is 0 Å². The summed E-state index contributed by atoms with van der Waals surface area (Å²) < 4.78 is 30.7. The molecular formula is C17H28N6O2S. The highest BCUT2D eigenvalue weighted by Crippen LogP contribution is 2.07. The van der Waals surface area contributed by atoms with E-state index in [-0.39, 0.29) is 11.4 Å². The van der Waals surface area contributed by atoms with Crippen molar-refractivity contribution in [2.24, 2.45) is 19.1 Å². The lowest BCUT2D eigenvalue weighted by Gasteiger charge is -2.22. The van der Waals surface area contributed by atoms with Crippen LogP contribution in [0.15, 0.2) is 46.7 Å². The van der Waals surface area contributed by atoms with Gasteiger partial charge in [-0.05, 0) is 25.1 Å². The second kappa shape index (κ2) is 8.91. The summed E-state index contributed by atoms with van der Waals surface area (Å²) in [7, 11) is 2.26. The molecule has 0 aliphatic rings. The van der Waals surface area contributed by atoms with E-state index < -0.39 is 10.0 Å². The summed E-state index contributed by atoms with van der Waals surface area (Å²) >= 11 is 0. The van der Waals surface area contributed by atoms with Crippen LogP contribution in [0, 0.1) is 0 Å². The first-order valence-corrected chi connectivity index (χ1v) is 10.0. The molecule has 26 heavy (non-hydrogen) atoms. The largest absolute Gasteiger partial charge is 0.357 e. The number of aryl methyl sites for hydroxylation is 2. The molecule has 8 nitrogen and oxygen atoms in total. The van der Waals surface area contributed by atoms with Gasteiger partial charge in [0.15, 0.2) is 5.96 Å². The molecule has 0 atom stereocenters. The van der Waals surface area contributed by atoms with E-state index >= 15 is 0 Å². The third-order valence-electron chi connectivity index (χ3n) is 3.93. The molecule has 2 N–H and O–H groups in total. The fourth-order valence-corrected chi connectivity index (χ4v) is 3.58. The smallest absolute Gasteiger partial charge is 0.242 e. The molecule has 0 amide bonds. The first-order valence-electron chi connectivity index (χ1n) is 8.54. The second-order valence-corrected chi connectivity index (χ2v) is 7.88. The summed E-state index contributed by atoms with van der Waals surface area (Å²) in [4.78, 5) is 6.79. The lowest BCUT2D eigenvalue weighted by atomic mass is 10.4. The Morgan fingerprint density at radius 3 is 2.62 bits per heavy atom. The van der Waals surface area contributed by atoms with Crippen LogP contribution in [0.1, 0.15) is 12.6 Å². The summed E-state index contributed by atoms with van der Waals surface area (Å²) in [6.45, 7) is 4.05. The third kappa shape index (κ3) is 5.37. The van der Waals surface area contributed by atoms with Gasteiger partial charge in [0.25, 0.3) is 0 Å². The van der Waals surface area contributed by atoms with Crippen LogP contribution in [0.4, 0.5) is 0 Å².